The van der Waals surface area contributed by atoms with E-state index in [9.17, 15) is 8.42 Å². The third-order valence-electron chi connectivity index (χ3n) is 4.70. The van der Waals surface area contributed by atoms with Crippen molar-refractivity contribution in [2.24, 2.45) is 16.6 Å². The van der Waals surface area contributed by atoms with Crippen molar-refractivity contribution in [3.63, 3.8) is 0 Å². The van der Waals surface area contributed by atoms with Gasteiger partial charge in [0.05, 0.1) is 22.7 Å². The topological polar surface area (TPSA) is 200 Å². The number of primary amides is 2. The smallest absolute Gasteiger partial charge is 0.273 e. The Balaban J connectivity index is 0. The highest BCUT2D eigenvalue weighted by Crippen LogP contribution is 2.38. The van der Waals surface area contributed by atoms with Crippen LogP contribution in [0.15, 0.2) is 72.3 Å². The monoisotopic (exact) mass is 616 g/mol. The Kier molecular flexibility index (Phi) is 17.1. The molecule has 3 aromatic rings. The van der Waals surface area contributed by atoms with Gasteiger partial charge in [-0.25, -0.2) is 13.6 Å². The quantitative estimate of drug-likeness (QED) is 0.194. The number of hydrogen-bond donors (Lipinski definition) is 5. The number of nitrogens with two attached hydrogens (primary N) is 3. The predicted octanol–water partition coefficient (Wildman–Crippen LogP) is 4.82. The number of methoxy groups -OCH3 is 1. The molecule has 3 rings (SSSR count). The van der Waals surface area contributed by atoms with E-state index in [-0.39, 0.29) is 23.7 Å². The number of thiol groups is 2. The zero-order valence-electron chi connectivity index (χ0n) is 20.5. The molecule has 0 aliphatic heterocycles. The molecular weight excluding hydrogens is 584 g/mol. The van der Waals surface area contributed by atoms with E-state index in [0.717, 1.165) is 16.7 Å². The minimum Gasteiger partial charge on any atom is -0.495 e. The van der Waals surface area contributed by atoms with Crippen molar-refractivity contribution in [3.05, 3.63) is 78.0 Å². The zero-order valence-corrected chi connectivity index (χ0v) is 23.8. The highest BCUT2D eigenvalue weighted by molar-refractivity contribution is 7.96. The van der Waals surface area contributed by atoms with E-state index in [4.69, 9.17) is 31.1 Å². The van der Waals surface area contributed by atoms with Gasteiger partial charge >= 0.3 is 0 Å². The number of nitrogens with zero attached hydrogens (tertiary/aromatic N) is 1. The maximum atomic E-state index is 12.1. The largest absolute Gasteiger partial charge is 0.495 e. The predicted molar refractivity (Wildman–Crippen MR) is 164 cm³/mol. The minimum absolute atomic E-state index is 0. The van der Waals surface area contributed by atoms with Gasteiger partial charge in [-0.15, -0.1) is 6.58 Å². The molecule has 1 unspecified atom stereocenters. The first-order valence-corrected chi connectivity index (χ1v) is 13.1. The molecule has 1 aromatic heterocycles. The fourth-order valence-corrected chi connectivity index (χ4v) is 4.04. The Labute approximate surface area is 244 Å². The first kappa shape index (κ1) is 38.1. The van der Waals surface area contributed by atoms with Crippen LogP contribution < -0.4 is 21.3 Å². The molecule has 14 heteroatoms. The summed E-state index contributed by atoms with van der Waals surface area (Å²) >= 11 is 12.5. The van der Waals surface area contributed by atoms with Crippen LogP contribution >= 0.6 is 36.9 Å². The Morgan fingerprint density at radius 2 is 1.62 bits per heavy atom. The van der Waals surface area contributed by atoms with Gasteiger partial charge in [0.2, 0.25) is 10.0 Å². The van der Waals surface area contributed by atoms with Crippen molar-refractivity contribution in [1.82, 2.24) is 4.98 Å². The van der Waals surface area contributed by atoms with Gasteiger partial charge in [0, 0.05) is 23.2 Å². The molecule has 0 saturated heterocycles. The van der Waals surface area contributed by atoms with E-state index in [1.807, 2.05) is 25.1 Å². The number of hydrogen-bond acceptors (Lipinski definition) is 6. The normalized spacial score (nSPS) is 10.5. The molecule has 2 amide bonds. The van der Waals surface area contributed by atoms with Crippen LogP contribution in [0.1, 0.15) is 25.8 Å². The molecule has 0 fully saturated rings. The van der Waals surface area contributed by atoms with Gasteiger partial charge in [0.1, 0.15) is 5.75 Å². The fraction of sp³-hybridized carbons (Fsp3) is 0.160. The van der Waals surface area contributed by atoms with Crippen LogP contribution in [0.5, 0.6) is 5.75 Å². The van der Waals surface area contributed by atoms with Crippen molar-refractivity contribution in [3.8, 4) is 28.1 Å². The van der Waals surface area contributed by atoms with Crippen LogP contribution in [0, 0.1) is 0 Å². The Morgan fingerprint density at radius 3 is 2.08 bits per heavy atom. The van der Waals surface area contributed by atoms with Crippen LogP contribution in [-0.4, -0.2) is 36.5 Å². The summed E-state index contributed by atoms with van der Waals surface area (Å²) in [5, 5.41) is 4.60. The highest BCUT2D eigenvalue weighted by Gasteiger charge is 2.20. The minimum atomic E-state index is -3.93. The summed E-state index contributed by atoms with van der Waals surface area (Å²) in [6.45, 7) is 5.85. The van der Waals surface area contributed by atoms with E-state index in [1.54, 1.807) is 43.6 Å². The second-order valence-corrected chi connectivity index (χ2v) is 10.1. The fourth-order valence-electron chi connectivity index (χ4n) is 3.04. The van der Waals surface area contributed by atoms with Gasteiger partial charge < -0.3 is 21.7 Å². The average molecular weight is 617 g/mol. The first-order valence-electron chi connectivity index (χ1n) is 10.3. The number of allylic oxidation sites excluding steroid dienone is 1. The lowest BCUT2D eigenvalue weighted by atomic mass is 9.94. The molecule has 39 heavy (non-hydrogen) atoms. The van der Waals surface area contributed by atoms with Crippen molar-refractivity contribution in [2.45, 2.75) is 25.2 Å². The van der Waals surface area contributed by atoms with Gasteiger partial charge in [-0.05, 0) is 35.4 Å². The number of carbonyl (C=O) groups is 2. The number of aromatic nitrogens is 1. The number of sulfonamides is 1. The highest BCUT2D eigenvalue weighted by atomic mass is 35.5. The molecule has 10 nitrogen and oxygen atoms in total. The van der Waals surface area contributed by atoms with Crippen LogP contribution in [0.25, 0.3) is 22.4 Å². The maximum absolute atomic E-state index is 12.1. The standard InChI is InChI=1S/C22H21ClN2O3S.2CH3NOS.CH4.H2O/c1-4-14(2)16-11-18(15-9-10-20(28-3)19(23)12-15)22(25-13-16)17-7-5-6-8-21(17)29(24,26)27;2*2-1(3)4;;/h4-14H,1H2,2-3H3,(H2,24,26,27);2*(H3,2,3,4);1H4;1H2. The lowest BCUT2D eigenvalue weighted by molar-refractivity contribution is 0.266. The summed E-state index contributed by atoms with van der Waals surface area (Å²) in [7, 11) is -2.39. The van der Waals surface area contributed by atoms with E-state index in [0.29, 0.717) is 22.0 Å². The second kappa shape index (κ2) is 17.5. The molecule has 2 aromatic carbocycles. The molecule has 0 radical (unpaired) electrons. The third-order valence-corrected chi connectivity index (χ3v) is 5.96. The van der Waals surface area contributed by atoms with Gasteiger partial charge in [0.25, 0.3) is 10.5 Å². The molecular formula is C25H33ClN4O6S3. The second-order valence-electron chi connectivity index (χ2n) is 7.26. The number of pyridine rings is 1. The molecule has 0 spiro atoms. The van der Waals surface area contributed by atoms with E-state index in [2.05, 4.69) is 48.3 Å². The number of primary sulfonamides is 1. The van der Waals surface area contributed by atoms with Gasteiger partial charge in [-0.3, -0.25) is 14.6 Å². The Morgan fingerprint density at radius 1 is 1.08 bits per heavy atom. The van der Waals surface area contributed by atoms with Gasteiger partial charge in [-0.2, -0.15) is 0 Å². The maximum Gasteiger partial charge on any atom is 0.273 e. The summed E-state index contributed by atoms with van der Waals surface area (Å²) in [4.78, 5) is 22.8. The Bertz CT molecular complexity index is 1370. The molecule has 0 saturated carbocycles. The summed E-state index contributed by atoms with van der Waals surface area (Å²) < 4.78 is 29.5. The molecule has 1 atom stereocenters. The molecule has 0 aliphatic carbocycles. The number of carbonyl (C=O) groups excluding carboxylic acids is 2. The SMILES string of the molecule is C.C=CC(C)c1cnc(-c2ccccc2S(N)(=O)=O)c(-c2ccc(OC)c(Cl)c2)c1.NC(=O)S.NC(=O)S.O. The van der Waals surface area contributed by atoms with Crippen LogP contribution in [0.4, 0.5) is 9.59 Å². The molecule has 1 heterocycles. The molecule has 214 valence electrons. The lowest BCUT2D eigenvalue weighted by Crippen LogP contribution is -2.13. The van der Waals surface area contributed by atoms with Crippen molar-refractivity contribution >= 4 is 57.4 Å². The summed E-state index contributed by atoms with van der Waals surface area (Å²) in [6, 6.07) is 13.9. The summed E-state index contributed by atoms with van der Waals surface area (Å²) in [5.74, 6) is 0.614. The van der Waals surface area contributed by atoms with E-state index < -0.39 is 20.5 Å². The molecule has 0 bridgehead atoms. The van der Waals surface area contributed by atoms with Gasteiger partial charge in [-0.1, -0.05) is 81.6 Å². The van der Waals surface area contributed by atoms with Crippen LogP contribution in [0.3, 0.4) is 0 Å². The molecule has 0 aliphatic rings. The number of ether oxygens (including phenoxy) is 1. The summed E-state index contributed by atoms with van der Waals surface area (Å²) in [6.07, 6.45) is 3.54. The Hall–Kier alpha value is -3.07. The van der Waals surface area contributed by atoms with Crippen molar-refractivity contribution in [2.75, 3.05) is 7.11 Å². The number of rotatable bonds is 6. The van der Waals surface area contributed by atoms with Crippen LogP contribution in [0.2, 0.25) is 5.02 Å². The van der Waals surface area contributed by atoms with E-state index >= 15 is 0 Å². The van der Waals surface area contributed by atoms with Gasteiger partial charge in [0.15, 0.2) is 0 Å². The molecule has 8 N–H and O–H groups in total. The first-order chi connectivity index (χ1) is 17.2. The lowest BCUT2D eigenvalue weighted by Gasteiger charge is -2.16. The van der Waals surface area contributed by atoms with Crippen LogP contribution in [-0.2, 0) is 10.0 Å². The van der Waals surface area contributed by atoms with E-state index in [1.165, 1.54) is 6.07 Å². The van der Waals surface area contributed by atoms with Crippen molar-refractivity contribution in [1.29, 1.82) is 0 Å². The summed E-state index contributed by atoms with van der Waals surface area (Å²) in [5.41, 5.74) is 12.0. The third kappa shape index (κ3) is 12.1. The number of halogens is 1. The van der Waals surface area contributed by atoms with Crippen molar-refractivity contribution < 1.29 is 28.2 Å². The zero-order chi connectivity index (χ0) is 28.3. The average Bonchev–Trinajstić information content (AvgIpc) is 2.82. The number of benzene rings is 2. The number of amides is 2.